The zero-order valence-electron chi connectivity index (χ0n) is 14.5. The molecule has 1 saturated carbocycles. The van der Waals surface area contributed by atoms with E-state index in [0.29, 0.717) is 19.5 Å². The number of alkyl halides is 2. The molecule has 4 rings (SSSR count). The van der Waals surface area contributed by atoms with Crippen molar-refractivity contribution in [2.75, 3.05) is 46.3 Å². The van der Waals surface area contributed by atoms with Crippen molar-refractivity contribution in [2.45, 2.75) is 37.4 Å². The molecule has 0 aromatic rings. The van der Waals surface area contributed by atoms with Crippen molar-refractivity contribution < 1.29 is 23.1 Å². The van der Waals surface area contributed by atoms with E-state index >= 15 is 0 Å². The van der Waals surface area contributed by atoms with E-state index in [-0.39, 0.29) is 42.8 Å². The molecular weight excluding hydrogens is 332 g/mol. The molecule has 0 radical (unpaired) electrons. The van der Waals surface area contributed by atoms with Crippen molar-refractivity contribution in [1.29, 1.82) is 0 Å². The predicted octanol–water partition coefficient (Wildman–Crippen LogP) is 0.422. The Morgan fingerprint density at radius 1 is 1.00 bits per heavy atom. The molecule has 3 heterocycles. The minimum absolute atomic E-state index is 0.116. The number of amides is 2. The summed E-state index contributed by atoms with van der Waals surface area (Å²) in [4.78, 5) is 31.0. The van der Waals surface area contributed by atoms with E-state index in [2.05, 4.69) is 4.90 Å². The van der Waals surface area contributed by atoms with Crippen LogP contribution in [0.2, 0.25) is 0 Å². The second kappa shape index (κ2) is 6.16. The van der Waals surface area contributed by atoms with Gasteiger partial charge in [0.15, 0.2) is 0 Å². The van der Waals surface area contributed by atoms with Crippen molar-refractivity contribution in [3.8, 4) is 0 Å². The number of likely N-dealkylation sites (N-methyl/N-ethyl adjacent to an activating group) is 1. The molecule has 3 unspecified atom stereocenters. The van der Waals surface area contributed by atoms with Crippen LogP contribution in [0.3, 0.4) is 0 Å². The van der Waals surface area contributed by atoms with Crippen LogP contribution in [0.1, 0.15) is 19.3 Å². The van der Waals surface area contributed by atoms with Gasteiger partial charge in [0.1, 0.15) is 0 Å². The SMILES string of the molecule is CN1CCN(C(=O)C2CC3CN(C(=O)C4CC(F)(F)C4)CC2O3)CC1. The van der Waals surface area contributed by atoms with Crippen molar-refractivity contribution in [3.05, 3.63) is 0 Å². The molecular formula is C17H25F2N3O3. The molecule has 4 aliphatic rings. The molecule has 1 aliphatic carbocycles. The first-order chi connectivity index (χ1) is 11.8. The van der Waals surface area contributed by atoms with Crippen molar-refractivity contribution in [1.82, 2.24) is 14.7 Å². The molecule has 6 nitrogen and oxygen atoms in total. The molecule has 3 atom stereocenters. The highest BCUT2D eigenvalue weighted by molar-refractivity contribution is 5.82. The third-order valence-electron chi connectivity index (χ3n) is 6.04. The maximum absolute atomic E-state index is 13.0. The Labute approximate surface area is 146 Å². The predicted molar refractivity (Wildman–Crippen MR) is 85.1 cm³/mol. The Morgan fingerprint density at radius 3 is 2.32 bits per heavy atom. The van der Waals surface area contributed by atoms with Gasteiger partial charge in [0.25, 0.3) is 0 Å². The van der Waals surface area contributed by atoms with Gasteiger partial charge in [-0.1, -0.05) is 0 Å². The molecule has 2 bridgehead atoms. The number of likely N-dealkylation sites (tertiary alicyclic amines) is 1. The number of carbonyl (C=O) groups is 2. The molecule has 8 heteroatoms. The van der Waals surface area contributed by atoms with Crippen molar-refractivity contribution >= 4 is 11.8 Å². The van der Waals surface area contributed by atoms with Crippen molar-refractivity contribution in [3.63, 3.8) is 0 Å². The first-order valence-corrected chi connectivity index (χ1v) is 9.12. The van der Waals surface area contributed by atoms with E-state index in [9.17, 15) is 18.4 Å². The fraction of sp³-hybridized carbons (Fsp3) is 0.882. The van der Waals surface area contributed by atoms with E-state index in [4.69, 9.17) is 4.74 Å². The van der Waals surface area contributed by atoms with E-state index in [1.165, 1.54) is 0 Å². The lowest BCUT2D eigenvalue weighted by molar-refractivity contribution is -0.167. The summed E-state index contributed by atoms with van der Waals surface area (Å²) in [5, 5.41) is 0. The number of morpholine rings is 1. The van der Waals surface area contributed by atoms with Crippen LogP contribution >= 0.6 is 0 Å². The second-order valence-electron chi connectivity index (χ2n) is 7.97. The van der Waals surface area contributed by atoms with Gasteiger partial charge in [0.05, 0.1) is 18.1 Å². The lowest BCUT2D eigenvalue weighted by atomic mass is 9.80. The molecule has 0 aromatic heterocycles. The van der Waals surface area contributed by atoms with Gasteiger partial charge in [-0.15, -0.1) is 0 Å². The quantitative estimate of drug-likeness (QED) is 0.719. The molecule has 3 saturated heterocycles. The van der Waals surface area contributed by atoms with Gasteiger partial charge in [-0.3, -0.25) is 9.59 Å². The molecule has 4 fully saturated rings. The zero-order valence-corrected chi connectivity index (χ0v) is 14.5. The topological polar surface area (TPSA) is 53.1 Å². The maximum atomic E-state index is 13.0. The number of ether oxygens (including phenoxy) is 1. The Hall–Kier alpha value is -1.28. The van der Waals surface area contributed by atoms with Crippen molar-refractivity contribution in [2.24, 2.45) is 11.8 Å². The van der Waals surface area contributed by atoms with E-state index in [1.54, 1.807) is 4.90 Å². The van der Waals surface area contributed by atoms with Gasteiger partial charge >= 0.3 is 0 Å². The first kappa shape index (κ1) is 17.1. The Kier molecular flexibility index (Phi) is 4.22. The minimum Gasteiger partial charge on any atom is -0.370 e. The summed E-state index contributed by atoms with van der Waals surface area (Å²) >= 11 is 0. The lowest BCUT2D eigenvalue weighted by Crippen LogP contribution is -2.54. The van der Waals surface area contributed by atoms with Crippen LogP contribution in [-0.4, -0.2) is 91.0 Å². The number of rotatable bonds is 2. The summed E-state index contributed by atoms with van der Waals surface area (Å²) in [6.07, 6.45) is -0.509. The highest BCUT2D eigenvalue weighted by Crippen LogP contribution is 2.44. The van der Waals surface area contributed by atoms with Crippen LogP contribution in [0.5, 0.6) is 0 Å². The van der Waals surface area contributed by atoms with Crippen LogP contribution in [0.25, 0.3) is 0 Å². The first-order valence-electron chi connectivity index (χ1n) is 9.12. The third-order valence-corrected chi connectivity index (χ3v) is 6.04. The summed E-state index contributed by atoms with van der Waals surface area (Å²) in [6, 6.07) is 0. The average Bonchev–Trinajstić information content (AvgIpc) is 2.86. The van der Waals surface area contributed by atoms with Crippen LogP contribution < -0.4 is 0 Å². The zero-order chi connectivity index (χ0) is 17.8. The van der Waals surface area contributed by atoms with E-state index in [0.717, 1.165) is 26.2 Å². The number of fused-ring (bicyclic) bond motifs is 2. The van der Waals surface area contributed by atoms with E-state index in [1.807, 2.05) is 11.9 Å². The number of nitrogens with zero attached hydrogens (tertiary/aromatic N) is 3. The molecule has 0 spiro atoms. The standard InChI is InChI=1S/C17H25F2N3O3/c1-20-2-4-21(5-3-20)16(24)13-6-12-9-22(10-14(13)25-12)15(23)11-7-17(18,19)8-11/h11-14H,2-10H2,1H3. The monoisotopic (exact) mass is 357 g/mol. The second-order valence-corrected chi connectivity index (χ2v) is 7.97. The van der Waals surface area contributed by atoms with Gasteiger partial charge < -0.3 is 19.4 Å². The fourth-order valence-corrected chi connectivity index (χ4v) is 4.45. The molecule has 140 valence electrons. The number of carbonyl (C=O) groups excluding carboxylic acids is 2. The summed E-state index contributed by atoms with van der Waals surface area (Å²) in [5.41, 5.74) is 0. The smallest absolute Gasteiger partial charge is 0.249 e. The fourth-order valence-electron chi connectivity index (χ4n) is 4.45. The van der Waals surface area contributed by atoms with Gasteiger partial charge in [-0.25, -0.2) is 8.78 Å². The Morgan fingerprint density at radius 2 is 1.68 bits per heavy atom. The normalized spacial score (nSPS) is 35.6. The largest absolute Gasteiger partial charge is 0.370 e. The summed E-state index contributed by atoms with van der Waals surface area (Å²) < 4.78 is 32.0. The Balaban J connectivity index is 1.36. The highest BCUT2D eigenvalue weighted by atomic mass is 19.3. The summed E-state index contributed by atoms with van der Waals surface area (Å²) in [6.45, 7) is 3.96. The summed E-state index contributed by atoms with van der Waals surface area (Å²) in [7, 11) is 2.04. The van der Waals surface area contributed by atoms with Crippen LogP contribution in [-0.2, 0) is 14.3 Å². The molecule has 25 heavy (non-hydrogen) atoms. The number of hydrogen-bond acceptors (Lipinski definition) is 4. The Bertz CT molecular complexity index is 557. The highest BCUT2D eigenvalue weighted by Gasteiger charge is 2.52. The molecule has 2 amide bonds. The number of piperazine rings is 1. The molecule has 0 N–H and O–H groups in total. The number of hydrogen-bond donors (Lipinski definition) is 0. The molecule has 0 aromatic carbocycles. The average molecular weight is 357 g/mol. The third kappa shape index (κ3) is 3.26. The van der Waals surface area contributed by atoms with Gasteiger partial charge in [0.2, 0.25) is 17.7 Å². The van der Waals surface area contributed by atoms with E-state index < -0.39 is 11.8 Å². The van der Waals surface area contributed by atoms with Crippen LogP contribution in [0.15, 0.2) is 0 Å². The van der Waals surface area contributed by atoms with Crippen LogP contribution in [0, 0.1) is 11.8 Å². The van der Waals surface area contributed by atoms with Gasteiger partial charge in [-0.05, 0) is 13.5 Å². The lowest BCUT2D eigenvalue weighted by Gasteiger charge is -2.40. The molecule has 3 aliphatic heterocycles. The minimum atomic E-state index is -2.69. The van der Waals surface area contributed by atoms with Gasteiger partial charge in [-0.2, -0.15) is 0 Å². The number of halogens is 2. The van der Waals surface area contributed by atoms with Gasteiger partial charge in [0, 0.05) is 58.0 Å². The summed E-state index contributed by atoms with van der Waals surface area (Å²) in [5.74, 6) is -3.55. The maximum Gasteiger partial charge on any atom is 0.249 e. The van der Waals surface area contributed by atoms with Crippen LogP contribution in [0.4, 0.5) is 8.78 Å².